The molecule has 1 amide bonds. The largest absolute Gasteiger partial charge is 0.482 e. The Labute approximate surface area is 181 Å². The second-order valence-electron chi connectivity index (χ2n) is 6.93. The van der Waals surface area contributed by atoms with E-state index < -0.39 is 0 Å². The number of rotatable bonds is 6. The Hall–Kier alpha value is -3.55. The van der Waals surface area contributed by atoms with Crippen molar-refractivity contribution < 1.29 is 9.53 Å². The Bertz CT molecular complexity index is 1130. The molecule has 0 aliphatic heterocycles. The Balaban J connectivity index is 1.66. The summed E-state index contributed by atoms with van der Waals surface area (Å²) in [6, 6.07) is 22.7. The van der Waals surface area contributed by atoms with Crippen LogP contribution in [0.4, 0.5) is 5.69 Å². The van der Waals surface area contributed by atoms with Crippen LogP contribution in [0, 0.1) is 25.2 Å². The molecule has 0 saturated carbocycles. The maximum Gasteiger partial charge on any atom is 0.262 e. The van der Waals surface area contributed by atoms with E-state index in [2.05, 4.69) is 11.4 Å². The quantitative estimate of drug-likeness (QED) is 0.393. The lowest BCUT2D eigenvalue weighted by Crippen LogP contribution is -2.20. The maximum absolute atomic E-state index is 12.1. The molecule has 3 rings (SSSR count). The molecule has 3 aromatic rings. The smallest absolute Gasteiger partial charge is 0.262 e. The van der Waals surface area contributed by atoms with Crippen LogP contribution in [-0.4, -0.2) is 12.5 Å². The van der Waals surface area contributed by atoms with E-state index in [1.165, 1.54) is 0 Å². The number of benzene rings is 3. The van der Waals surface area contributed by atoms with E-state index in [-0.39, 0.29) is 12.5 Å². The lowest BCUT2D eigenvalue weighted by atomic mass is 10.0. The highest BCUT2D eigenvalue weighted by Gasteiger charge is 2.08. The summed E-state index contributed by atoms with van der Waals surface area (Å²) in [5, 5.41) is 12.7. The van der Waals surface area contributed by atoms with Crippen LogP contribution in [0.3, 0.4) is 0 Å². The van der Waals surface area contributed by atoms with Gasteiger partial charge in [-0.15, -0.1) is 0 Å². The van der Waals surface area contributed by atoms with Crippen molar-refractivity contribution in [1.82, 2.24) is 0 Å². The first-order chi connectivity index (χ1) is 14.4. The Morgan fingerprint density at radius 2 is 1.83 bits per heavy atom. The lowest BCUT2D eigenvalue weighted by molar-refractivity contribution is -0.118. The van der Waals surface area contributed by atoms with Crippen molar-refractivity contribution in [3.63, 3.8) is 0 Å². The van der Waals surface area contributed by atoms with Gasteiger partial charge in [-0.3, -0.25) is 4.79 Å². The van der Waals surface area contributed by atoms with Crippen LogP contribution in [0.5, 0.6) is 5.75 Å². The summed E-state index contributed by atoms with van der Waals surface area (Å²) in [5.74, 6) is 0.133. The van der Waals surface area contributed by atoms with E-state index in [4.69, 9.17) is 16.3 Å². The van der Waals surface area contributed by atoms with Crippen molar-refractivity contribution in [3.8, 4) is 11.8 Å². The second kappa shape index (κ2) is 9.78. The van der Waals surface area contributed by atoms with Crippen LogP contribution in [0.15, 0.2) is 66.7 Å². The second-order valence-corrected chi connectivity index (χ2v) is 7.34. The summed E-state index contributed by atoms with van der Waals surface area (Å²) < 4.78 is 5.56. The number of halogens is 1. The first-order valence-corrected chi connectivity index (χ1v) is 9.80. The molecule has 0 heterocycles. The number of carbonyl (C=O) groups is 1. The summed E-state index contributed by atoms with van der Waals surface area (Å²) in [4.78, 5) is 12.1. The summed E-state index contributed by atoms with van der Waals surface area (Å²) in [6.45, 7) is 3.80. The lowest BCUT2D eigenvalue weighted by Gasteiger charge is -2.10. The van der Waals surface area contributed by atoms with E-state index in [1.807, 2.05) is 62.4 Å². The van der Waals surface area contributed by atoms with Crippen molar-refractivity contribution in [3.05, 3.63) is 94.0 Å². The molecule has 0 saturated heterocycles. The van der Waals surface area contributed by atoms with E-state index in [0.717, 1.165) is 27.9 Å². The molecule has 0 atom stereocenters. The van der Waals surface area contributed by atoms with E-state index >= 15 is 0 Å². The molecule has 0 fully saturated rings. The van der Waals surface area contributed by atoms with Crippen molar-refractivity contribution in [1.29, 1.82) is 5.26 Å². The third kappa shape index (κ3) is 5.73. The average molecular weight is 417 g/mol. The Kier molecular flexibility index (Phi) is 6.90. The first kappa shape index (κ1) is 21.2. The van der Waals surface area contributed by atoms with E-state index in [9.17, 15) is 10.1 Å². The fourth-order valence-electron chi connectivity index (χ4n) is 2.87. The molecular weight excluding hydrogens is 396 g/mol. The molecular formula is C25H21ClN2O2. The van der Waals surface area contributed by atoms with E-state index in [1.54, 1.807) is 24.3 Å². The fraction of sp³-hybridized carbons (Fsp3) is 0.120. The van der Waals surface area contributed by atoms with Gasteiger partial charge in [-0.05, 0) is 60.9 Å². The Morgan fingerprint density at radius 1 is 1.07 bits per heavy atom. The zero-order valence-electron chi connectivity index (χ0n) is 16.8. The molecule has 5 heteroatoms. The Morgan fingerprint density at radius 3 is 2.50 bits per heavy atom. The van der Waals surface area contributed by atoms with Crippen LogP contribution in [0.25, 0.3) is 11.6 Å². The van der Waals surface area contributed by atoms with E-state index in [0.29, 0.717) is 16.3 Å². The molecule has 0 bridgehead atoms. The van der Waals surface area contributed by atoms with Crippen LogP contribution >= 0.6 is 11.6 Å². The van der Waals surface area contributed by atoms with Gasteiger partial charge in [0, 0.05) is 5.69 Å². The van der Waals surface area contributed by atoms with Crippen LogP contribution in [0.1, 0.15) is 22.3 Å². The number of nitrogens with zero attached hydrogens (tertiary/aromatic N) is 1. The molecule has 0 radical (unpaired) electrons. The molecule has 150 valence electrons. The number of amides is 1. The predicted octanol–water partition coefficient (Wildman–Crippen LogP) is 6.04. The average Bonchev–Trinajstić information content (AvgIpc) is 2.72. The maximum atomic E-state index is 12.1. The highest BCUT2D eigenvalue weighted by molar-refractivity contribution is 6.32. The number of hydrogen-bond acceptors (Lipinski definition) is 3. The number of nitriles is 1. The zero-order valence-corrected chi connectivity index (χ0v) is 17.5. The zero-order chi connectivity index (χ0) is 21.5. The van der Waals surface area contributed by atoms with Gasteiger partial charge in [-0.1, -0.05) is 59.6 Å². The summed E-state index contributed by atoms with van der Waals surface area (Å²) in [6.07, 6.45) is 1.77. The highest BCUT2D eigenvalue weighted by Crippen LogP contribution is 2.28. The molecule has 1 N–H and O–H groups in total. The fourth-order valence-corrected chi connectivity index (χ4v) is 3.11. The number of anilines is 1. The molecule has 0 spiro atoms. The van der Waals surface area contributed by atoms with Crippen molar-refractivity contribution in [2.24, 2.45) is 0 Å². The van der Waals surface area contributed by atoms with Crippen LogP contribution in [-0.2, 0) is 4.79 Å². The molecule has 0 aliphatic carbocycles. The third-order valence-electron chi connectivity index (χ3n) is 4.41. The summed E-state index contributed by atoms with van der Waals surface area (Å²) >= 11 is 6.32. The number of aryl methyl sites for hydroxylation is 2. The van der Waals surface area contributed by atoms with Crippen molar-refractivity contribution in [2.45, 2.75) is 13.8 Å². The molecule has 4 nitrogen and oxygen atoms in total. The van der Waals surface area contributed by atoms with Crippen LogP contribution in [0.2, 0.25) is 5.02 Å². The van der Waals surface area contributed by atoms with Crippen LogP contribution < -0.4 is 10.1 Å². The molecule has 0 unspecified atom stereocenters. The number of nitrogens with one attached hydrogen (secondary N) is 1. The van der Waals surface area contributed by atoms with Gasteiger partial charge in [0.15, 0.2) is 6.61 Å². The monoisotopic (exact) mass is 416 g/mol. The topological polar surface area (TPSA) is 62.1 Å². The molecule has 30 heavy (non-hydrogen) atoms. The van der Waals surface area contributed by atoms with Gasteiger partial charge in [0.05, 0.1) is 16.7 Å². The van der Waals surface area contributed by atoms with Gasteiger partial charge in [-0.2, -0.15) is 5.26 Å². The van der Waals surface area contributed by atoms with Gasteiger partial charge < -0.3 is 10.1 Å². The molecule has 3 aromatic carbocycles. The number of carbonyl (C=O) groups excluding carboxylic acids is 1. The standard InChI is InChI=1S/C25H21ClN2O2/c1-17-6-9-20(10-7-17)21(15-27)13-19-8-11-24(23(26)14-19)30-16-25(29)28-22-5-3-4-18(2)12-22/h3-14H,16H2,1-2H3,(H,28,29)/b21-13+. The van der Waals surface area contributed by atoms with Crippen molar-refractivity contribution >= 4 is 34.8 Å². The molecule has 0 aromatic heterocycles. The first-order valence-electron chi connectivity index (χ1n) is 9.42. The van der Waals surface area contributed by atoms with Gasteiger partial charge in [0.25, 0.3) is 5.91 Å². The van der Waals surface area contributed by atoms with Gasteiger partial charge in [0.1, 0.15) is 5.75 Å². The number of hydrogen-bond donors (Lipinski definition) is 1. The number of ether oxygens (including phenoxy) is 1. The summed E-state index contributed by atoms with van der Waals surface area (Å²) in [7, 11) is 0. The molecule has 0 aliphatic rings. The van der Waals surface area contributed by atoms with Gasteiger partial charge in [-0.25, -0.2) is 0 Å². The SMILES string of the molecule is Cc1ccc(/C(C#N)=C/c2ccc(OCC(=O)Nc3cccc(C)c3)c(Cl)c2)cc1. The minimum absolute atomic E-state index is 0.157. The van der Waals surface area contributed by atoms with Crippen molar-refractivity contribution in [2.75, 3.05) is 11.9 Å². The van der Waals surface area contributed by atoms with Gasteiger partial charge in [0.2, 0.25) is 0 Å². The normalized spacial score (nSPS) is 10.9. The van der Waals surface area contributed by atoms with Gasteiger partial charge >= 0.3 is 0 Å². The number of allylic oxidation sites excluding steroid dienone is 1. The minimum Gasteiger partial charge on any atom is -0.482 e. The summed E-state index contributed by atoms with van der Waals surface area (Å²) in [5.41, 5.74) is 5.06. The predicted molar refractivity (Wildman–Crippen MR) is 121 cm³/mol. The minimum atomic E-state index is -0.272. The highest BCUT2D eigenvalue weighted by atomic mass is 35.5. The third-order valence-corrected chi connectivity index (χ3v) is 4.71.